The second kappa shape index (κ2) is 8.32. The molecule has 0 heterocycles. The van der Waals surface area contributed by atoms with Gasteiger partial charge in [-0.05, 0) is 44.7 Å². The van der Waals surface area contributed by atoms with Gasteiger partial charge in [-0.3, -0.25) is 9.59 Å². The summed E-state index contributed by atoms with van der Waals surface area (Å²) in [5.41, 5.74) is 1.29. The van der Waals surface area contributed by atoms with Crippen molar-refractivity contribution in [1.29, 1.82) is 0 Å². The minimum absolute atomic E-state index is 0.0378. The quantitative estimate of drug-likeness (QED) is 0.711. The van der Waals surface area contributed by atoms with Crippen molar-refractivity contribution in [3.05, 3.63) is 29.8 Å². The number of carbonyl (C=O) groups is 2. The molecule has 110 valence electrons. The van der Waals surface area contributed by atoms with Gasteiger partial charge in [0.15, 0.2) is 0 Å². The predicted octanol–water partition coefficient (Wildman–Crippen LogP) is 1.76. The highest BCUT2D eigenvalue weighted by Crippen LogP contribution is 2.10. The van der Waals surface area contributed by atoms with E-state index in [-0.39, 0.29) is 17.9 Å². The molecular weight excluding hydrogens is 254 g/mol. The van der Waals surface area contributed by atoms with Gasteiger partial charge in [-0.2, -0.15) is 0 Å². The Morgan fingerprint density at radius 3 is 2.30 bits per heavy atom. The molecule has 1 aromatic rings. The average Bonchev–Trinajstić information content (AvgIpc) is 2.39. The van der Waals surface area contributed by atoms with Crippen LogP contribution in [0.5, 0.6) is 0 Å². The molecule has 0 saturated carbocycles. The first-order valence-corrected chi connectivity index (χ1v) is 6.98. The molecule has 1 unspecified atom stereocenters. The Bertz CT molecular complexity index is 443. The van der Waals surface area contributed by atoms with Crippen LogP contribution in [-0.2, 0) is 4.79 Å². The number of carbonyl (C=O) groups excluding carboxylic acids is 2. The van der Waals surface area contributed by atoms with E-state index in [1.54, 1.807) is 24.3 Å². The normalized spacial score (nSPS) is 11.8. The summed E-state index contributed by atoms with van der Waals surface area (Å²) in [5.74, 6) is -0.143. The van der Waals surface area contributed by atoms with Crippen molar-refractivity contribution in [2.75, 3.05) is 18.4 Å². The van der Waals surface area contributed by atoms with Crippen LogP contribution < -0.4 is 16.0 Å². The lowest BCUT2D eigenvalue weighted by atomic mass is 10.2. The highest BCUT2D eigenvalue weighted by atomic mass is 16.2. The van der Waals surface area contributed by atoms with Gasteiger partial charge in [0.1, 0.15) is 0 Å². The van der Waals surface area contributed by atoms with Gasteiger partial charge in [0.05, 0.1) is 0 Å². The fraction of sp³-hybridized carbons (Fsp3) is 0.467. The second-order valence-electron chi connectivity index (χ2n) is 4.65. The van der Waals surface area contributed by atoms with Gasteiger partial charge in [0.25, 0.3) is 5.91 Å². The summed E-state index contributed by atoms with van der Waals surface area (Å²) >= 11 is 0. The zero-order valence-electron chi connectivity index (χ0n) is 12.3. The molecule has 1 atom stereocenters. The van der Waals surface area contributed by atoms with Crippen molar-refractivity contribution < 1.29 is 9.59 Å². The number of benzene rings is 1. The smallest absolute Gasteiger partial charge is 0.251 e. The molecule has 0 radical (unpaired) electrons. The van der Waals surface area contributed by atoms with Crippen LogP contribution in [0.25, 0.3) is 0 Å². The molecular formula is C15H23N3O2. The van der Waals surface area contributed by atoms with Crippen LogP contribution in [0.4, 0.5) is 5.69 Å². The van der Waals surface area contributed by atoms with E-state index in [1.807, 2.05) is 20.8 Å². The molecule has 2 amide bonds. The summed E-state index contributed by atoms with van der Waals surface area (Å²) in [6.07, 6.45) is 0.423. The molecule has 1 rings (SSSR count). The van der Waals surface area contributed by atoms with Gasteiger partial charge in [0.2, 0.25) is 5.91 Å². The molecule has 1 aromatic carbocycles. The Hall–Kier alpha value is -1.88. The second-order valence-corrected chi connectivity index (χ2v) is 4.65. The maximum Gasteiger partial charge on any atom is 0.251 e. The maximum atomic E-state index is 11.8. The van der Waals surface area contributed by atoms with Crippen LogP contribution in [0.15, 0.2) is 24.3 Å². The van der Waals surface area contributed by atoms with Gasteiger partial charge in [-0.15, -0.1) is 0 Å². The van der Waals surface area contributed by atoms with E-state index in [4.69, 9.17) is 0 Å². The van der Waals surface area contributed by atoms with Crippen molar-refractivity contribution in [1.82, 2.24) is 10.6 Å². The summed E-state index contributed by atoms with van der Waals surface area (Å²) < 4.78 is 0. The van der Waals surface area contributed by atoms with E-state index in [0.717, 1.165) is 6.54 Å². The van der Waals surface area contributed by atoms with Crippen LogP contribution in [0.2, 0.25) is 0 Å². The minimum atomic E-state index is -0.105. The molecule has 5 nitrogen and oxygen atoms in total. The fourth-order valence-electron chi connectivity index (χ4n) is 1.88. The van der Waals surface area contributed by atoms with Crippen LogP contribution in [0, 0.1) is 0 Å². The lowest BCUT2D eigenvalue weighted by molar-refractivity contribution is -0.116. The lowest BCUT2D eigenvalue weighted by Crippen LogP contribution is -2.30. The standard InChI is InChI=1S/C15H23N3O2/c1-4-16-11(3)10-14(19)18-13-8-6-12(7-9-13)15(20)17-5-2/h6-9,11,16H,4-5,10H2,1-3H3,(H,17,20)(H,18,19). The number of nitrogens with one attached hydrogen (secondary N) is 3. The molecule has 5 heteroatoms. The SMILES string of the molecule is CCNC(=O)c1ccc(NC(=O)CC(C)NCC)cc1. The third kappa shape index (κ3) is 5.40. The van der Waals surface area contributed by atoms with Gasteiger partial charge < -0.3 is 16.0 Å². The molecule has 0 aliphatic heterocycles. The summed E-state index contributed by atoms with van der Waals surface area (Å²) in [4.78, 5) is 23.4. The summed E-state index contributed by atoms with van der Waals surface area (Å²) in [6, 6.07) is 7.03. The number of amides is 2. The molecule has 3 N–H and O–H groups in total. The highest BCUT2D eigenvalue weighted by molar-refractivity contribution is 5.95. The summed E-state index contributed by atoms with van der Waals surface area (Å²) in [5, 5.41) is 8.73. The molecule has 0 saturated heterocycles. The minimum Gasteiger partial charge on any atom is -0.352 e. The molecule has 0 aromatic heterocycles. The molecule has 0 aliphatic carbocycles. The average molecular weight is 277 g/mol. The predicted molar refractivity (Wildman–Crippen MR) is 80.8 cm³/mol. The third-order valence-corrected chi connectivity index (χ3v) is 2.81. The van der Waals surface area contributed by atoms with E-state index < -0.39 is 0 Å². The van der Waals surface area contributed by atoms with Crippen LogP contribution in [0.3, 0.4) is 0 Å². The Balaban J connectivity index is 2.52. The Morgan fingerprint density at radius 1 is 1.10 bits per heavy atom. The zero-order valence-corrected chi connectivity index (χ0v) is 12.3. The molecule has 0 spiro atoms. The Labute approximate surface area is 120 Å². The van der Waals surface area contributed by atoms with E-state index in [0.29, 0.717) is 24.2 Å². The zero-order chi connectivity index (χ0) is 15.0. The van der Waals surface area contributed by atoms with Gasteiger partial charge >= 0.3 is 0 Å². The summed E-state index contributed by atoms with van der Waals surface area (Å²) in [7, 11) is 0. The molecule has 20 heavy (non-hydrogen) atoms. The fourth-order valence-corrected chi connectivity index (χ4v) is 1.88. The highest BCUT2D eigenvalue weighted by Gasteiger charge is 2.09. The van der Waals surface area contributed by atoms with E-state index in [2.05, 4.69) is 16.0 Å². The number of hydrogen-bond donors (Lipinski definition) is 3. The van der Waals surface area contributed by atoms with Crippen molar-refractivity contribution >= 4 is 17.5 Å². The van der Waals surface area contributed by atoms with Crippen LogP contribution >= 0.6 is 0 Å². The largest absolute Gasteiger partial charge is 0.352 e. The topological polar surface area (TPSA) is 70.2 Å². The third-order valence-electron chi connectivity index (χ3n) is 2.81. The Morgan fingerprint density at radius 2 is 1.75 bits per heavy atom. The number of hydrogen-bond acceptors (Lipinski definition) is 3. The molecule has 0 aliphatic rings. The number of anilines is 1. The van der Waals surface area contributed by atoms with Gasteiger partial charge in [-0.1, -0.05) is 6.92 Å². The monoisotopic (exact) mass is 277 g/mol. The molecule has 0 fully saturated rings. The van der Waals surface area contributed by atoms with Crippen molar-refractivity contribution in [3.8, 4) is 0 Å². The lowest BCUT2D eigenvalue weighted by Gasteiger charge is -2.12. The van der Waals surface area contributed by atoms with E-state index in [9.17, 15) is 9.59 Å². The van der Waals surface area contributed by atoms with Gasteiger partial charge in [0, 0.05) is 30.3 Å². The van der Waals surface area contributed by atoms with Crippen LogP contribution in [-0.4, -0.2) is 30.9 Å². The first-order valence-electron chi connectivity index (χ1n) is 6.98. The van der Waals surface area contributed by atoms with Gasteiger partial charge in [-0.25, -0.2) is 0 Å². The molecule has 0 bridgehead atoms. The first kappa shape index (κ1) is 16.2. The van der Waals surface area contributed by atoms with Crippen molar-refractivity contribution in [2.45, 2.75) is 33.2 Å². The number of rotatable bonds is 7. The van der Waals surface area contributed by atoms with E-state index in [1.165, 1.54) is 0 Å². The Kier molecular flexibility index (Phi) is 6.73. The summed E-state index contributed by atoms with van der Waals surface area (Å²) in [6.45, 7) is 7.29. The first-order chi connectivity index (χ1) is 9.56. The van der Waals surface area contributed by atoms with Crippen molar-refractivity contribution in [2.24, 2.45) is 0 Å². The van der Waals surface area contributed by atoms with Crippen molar-refractivity contribution in [3.63, 3.8) is 0 Å². The van der Waals surface area contributed by atoms with E-state index >= 15 is 0 Å². The van der Waals surface area contributed by atoms with Crippen LogP contribution in [0.1, 0.15) is 37.6 Å². The maximum absolute atomic E-state index is 11.8.